The molecular formula is C21H32N4O2S. The largest absolute Gasteiger partial charge is 0.390 e. The van der Waals surface area contributed by atoms with Crippen LogP contribution in [0.15, 0.2) is 12.3 Å². The molecule has 2 aromatic rings. The quantitative estimate of drug-likeness (QED) is 0.806. The van der Waals surface area contributed by atoms with E-state index in [1.807, 2.05) is 27.0 Å². The number of hydrogen-bond donors (Lipinski definition) is 2. The summed E-state index contributed by atoms with van der Waals surface area (Å²) in [5.74, 6) is 0.217. The van der Waals surface area contributed by atoms with E-state index < -0.39 is 5.60 Å². The van der Waals surface area contributed by atoms with Crippen molar-refractivity contribution in [2.75, 3.05) is 11.9 Å². The molecule has 1 fully saturated rings. The Bertz CT molecular complexity index is 842. The summed E-state index contributed by atoms with van der Waals surface area (Å²) in [4.78, 5) is 23.8. The van der Waals surface area contributed by atoms with Crippen LogP contribution < -0.4 is 10.2 Å². The number of rotatable bonds is 4. The molecule has 0 aliphatic heterocycles. The number of hydrogen-bond acceptors (Lipinski definition) is 6. The molecule has 0 aromatic carbocycles. The van der Waals surface area contributed by atoms with Gasteiger partial charge in [-0.1, -0.05) is 11.3 Å². The zero-order chi connectivity index (χ0) is 20.7. The second-order valence-corrected chi connectivity index (χ2v) is 10.5. The molecule has 1 aliphatic rings. The Balaban J connectivity index is 1.68. The van der Waals surface area contributed by atoms with Crippen LogP contribution in [0.4, 0.5) is 5.13 Å². The summed E-state index contributed by atoms with van der Waals surface area (Å²) in [7, 11) is 2.02. The summed E-state index contributed by atoms with van der Waals surface area (Å²) in [6.07, 6.45) is 5.28. The number of carbonyl (C=O) groups is 1. The fraction of sp³-hybridized carbons (Fsp3) is 0.667. The fourth-order valence-corrected chi connectivity index (χ4v) is 4.69. The summed E-state index contributed by atoms with van der Waals surface area (Å²) in [6, 6.07) is 2.04. The van der Waals surface area contributed by atoms with E-state index in [0.29, 0.717) is 17.1 Å². The van der Waals surface area contributed by atoms with Crippen molar-refractivity contribution in [2.24, 2.45) is 5.92 Å². The van der Waals surface area contributed by atoms with Gasteiger partial charge in [-0.3, -0.25) is 4.79 Å². The lowest BCUT2D eigenvalue weighted by atomic mass is 9.77. The van der Waals surface area contributed by atoms with Crippen LogP contribution in [0, 0.1) is 5.92 Å². The molecule has 7 heteroatoms. The van der Waals surface area contributed by atoms with Gasteiger partial charge in [-0.15, -0.1) is 0 Å². The summed E-state index contributed by atoms with van der Waals surface area (Å²) < 4.78 is 0.921. The van der Waals surface area contributed by atoms with Crippen LogP contribution in [0.5, 0.6) is 0 Å². The number of aliphatic hydroxyl groups is 1. The van der Waals surface area contributed by atoms with Crippen molar-refractivity contribution >= 4 is 32.7 Å². The Labute approximate surface area is 171 Å². The molecule has 2 aromatic heterocycles. The van der Waals surface area contributed by atoms with Crippen molar-refractivity contribution in [3.8, 4) is 0 Å². The summed E-state index contributed by atoms with van der Waals surface area (Å²) in [5.41, 5.74) is 0.577. The van der Waals surface area contributed by atoms with Crippen LogP contribution >= 0.6 is 11.3 Å². The summed E-state index contributed by atoms with van der Waals surface area (Å²) in [6.45, 7) is 10.2. The monoisotopic (exact) mass is 404 g/mol. The topological polar surface area (TPSA) is 78.4 Å². The normalized spacial score (nSPS) is 21.0. The zero-order valence-corrected chi connectivity index (χ0v) is 18.6. The van der Waals surface area contributed by atoms with Gasteiger partial charge in [0.05, 0.1) is 15.9 Å². The average molecular weight is 405 g/mol. The molecule has 28 heavy (non-hydrogen) atoms. The molecule has 154 valence electrons. The highest BCUT2D eigenvalue weighted by Crippen LogP contribution is 2.33. The second-order valence-electron chi connectivity index (χ2n) is 9.45. The molecule has 0 radical (unpaired) electrons. The van der Waals surface area contributed by atoms with Gasteiger partial charge in [-0.25, -0.2) is 4.98 Å². The third kappa shape index (κ3) is 4.63. The van der Waals surface area contributed by atoms with E-state index in [4.69, 9.17) is 0 Å². The van der Waals surface area contributed by atoms with Gasteiger partial charge in [-0.05, 0) is 72.3 Å². The maximum Gasteiger partial charge on any atom is 0.253 e. The maximum absolute atomic E-state index is 12.7. The molecule has 3 rings (SSSR count). The number of thiazole rings is 1. The minimum atomic E-state index is -0.645. The number of pyridine rings is 1. The van der Waals surface area contributed by atoms with Crippen LogP contribution in [-0.2, 0) is 0 Å². The van der Waals surface area contributed by atoms with Crippen LogP contribution in [0.1, 0.15) is 70.7 Å². The van der Waals surface area contributed by atoms with Crippen molar-refractivity contribution in [3.05, 3.63) is 17.8 Å². The van der Waals surface area contributed by atoms with Crippen molar-refractivity contribution in [1.82, 2.24) is 15.3 Å². The molecule has 2 N–H and O–H groups in total. The van der Waals surface area contributed by atoms with Crippen LogP contribution in [0.25, 0.3) is 10.3 Å². The first-order valence-electron chi connectivity index (χ1n) is 9.99. The van der Waals surface area contributed by atoms with E-state index in [9.17, 15) is 9.90 Å². The van der Waals surface area contributed by atoms with Crippen LogP contribution in [0.2, 0.25) is 0 Å². The summed E-state index contributed by atoms with van der Waals surface area (Å²) >= 11 is 1.56. The maximum atomic E-state index is 12.7. The van der Waals surface area contributed by atoms with Gasteiger partial charge in [-0.2, -0.15) is 4.98 Å². The Morgan fingerprint density at radius 3 is 2.43 bits per heavy atom. The molecule has 6 nitrogen and oxygen atoms in total. The first-order chi connectivity index (χ1) is 12.9. The third-order valence-corrected chi connectivity index (χ3v) is 6.92. The molecule has 0 bridgehead atoms. The highest BCUT2D eigenvalue weighted by atomic mass is 32.1. The second kappa shape index (κ2) is 7.59. The minimum absolute atomic E-state index is 0.0317. The van der Waals surface area contributed by atoms with Crippen LogP contribution in [-0.4, -0.2) is 45.2 Å². The van der Waals surface area contributed by atoms with Crippen molar-refractivity contribution in [3.63, 3.8) is 0 Å². The number of nitrogens with one attached hydrogen (secondary N) is 1. The van der Waals surface area contributed by atoms with Crippen molar-refractivity contribution in [1.29, 1.82) is 0 Å². The lowest BCUT2D eigenvalue weighted by molar-refractivity contribution is -0.00257. The molecule has 1 saturated carbocycles. The Kier molecular flexibility index (Phi) is 5.69. The van der Waals surface area contributed by atoms with Gasteiger partial charge in [0.1, 0.15) is 0 Å². The Morgan fingerprint density at radius 1 is 1.21 bits per heavy atom. The average Bonchev–Trinajstić information content (AvgIpc) is 3.02. The number of aromatic nitrogens is 2. The number of amides is 1. The predicted molar refractivity (Wildman–Crippen MR) is 115 cm³/mol. The third-order valence-electron chi connectivity index (χ3n) is 5.85. The highest BCUT2D eigenvalue weighted by Gasteiger charge is 2.32. The lowest BCUT2D eigenvalue weighted by Gasteiger charge is -2.36. The molecule has 0 spiro atoms. The van der Waals surface area contributed by atoms with E-state index in [1.165, 1.54) is 0 Å². The molecule has 0 unspecified atom stereocenters. The predicted octanol–water partition coefficient (Wildman–Crippen LogP) is 3.99. The van der Waals surface area contributed by atoms with Gasteiger partial charge >= 0.3 is 0 Å². The van der Waals surface area contributed by atoms with E-state index in [1.54, 1.807) is 17.5 Å². The van der Waals surface area contributed by atoms with Gasteiger partial charge in [0.2, 0.25) is 0 Å². The molecular weight excluding hydrogens is 372 g/mol. The Hall–Kier alpha value is -1.73. The number of carbonyl (C=O) groups excluding carboxylic acids is 1. The standard InChI is InChI=1S/C21H32N4O2S/c1-20(2,3)25(6)19-24-17-16(28-19)11-13(12-22-17)18(26)23-15-9-7-14(8-10-15)21(4,5)27/h11-12,14-15,27H,7-10H2,1-6H3,(H,23,26)/t14-,15-. The van der Waals surface area contributed by atoms with Crippen molar-refractivity contribution < 1.29 is 9.90 Å². The molecule has 0 saturated heterocycles. The molecule has 1 aliphatic carbocycles. The molecule has 2 heterocycles. The van der Waals surface area contributed by atoms with Crippen LogP contribution in [0.3, 0.4) is 0 Å². The first-order valence-corrected chi connectivity index (χ1v) is 10.8. The molecule has 1 amide bonds. The van der Waals surface area contributed by atoms with E-state index >= 15 is 0 Å². The zero-order valence-electron chi connectivity index (χ0n) is 17.7. The van der Waals surface area contributed by atoms with Gasteiger partial charge < -0.3 is 15.3 Å². The SMILES string of the molecule is CN(c1nc2ncc(C(=O)N[C@H]3CC[C@H](C(C)(C)O)CC3)cc2s1)C(C)(C)C. The van der Waals surface area contributed by atoms with Gasteiger partial charge in [0, 0.05) is 24.8 Å². The van der Waals surface area contributed by atoms with E-state index in [0.717, 1.165) is 35.5 Å². The minimum Gasteiger partial charge on any atom is -0.390 e. The molecule has 0 atom stereocenters. The number of anilines is 1. The number of fused-ring (bicyclic) bond motifs is 1. The van der Waals surface area contributed by atoms with Crippen molar-refractivity contribution in [2.45, 2.75) is 77.5 Å². The van der Waals surface area contributed by atoms with Gasteiger partial charge in [0.15, 0.2) is 10.8 Å². The lowest BCUT2D eigenvalue weighted by Crippen LogP contribution is -2.41. The van der Waals surface area contributed by atoms with E-state index in [-0.39, 0.29) is 17.5 Å². The highest BCUT2D eigenvalue weighted by molar-refractivity contribution is 7.22. The number of nitrogens with zero attached hydrogens (tertiary/aromatic N) is 3. The fourth-order valence-electron chi connectivity index (χ4n) is 3.58. The first kappa shape index (κ1) is 21.0. The summed E-state index contributed by atoms with van der Waals surface area (Å²) in [5, 5.41) is 14.2. The smallest absolute Gasteiger partial charge is 0.253 e. The Morgan fingerprint density at radius 2 is 1.86 bits per heavy atom. The van der Waals surface area contributed by atoms with Gasteiger partial charge in [0.25, 0.3) is 5.91 Å². The van der Waals surface area contributed by atoms with E-state index in [2.05, 4.69) is 41.0 Å².